The highest BCUT2D eigenvalue weighted by molar-refractivity contribution is 14.0. The van der Waals surface area contributed by atoms with Crippen LogP contribution in [0.15, 0.2) is 29.8 Å². The Bertz CT molecular complexity index is 686. The molecule has 1 saturated heterocycles. The van der Waals surface area contributed by atoms with Crippen molar-refractivity contribution in [3.8, 4) is 11.5 Å². The van der Waals surface area contributed by atoms with Gasteiger partial charge in [0.05, 0.1) is 14.2 Å². The van der Waals surface area contributed by atoms with Crippen LogP contribution in [0.1, 0.15) is 36.8 Å². The lowest BCUT2D eigenvalue weighted by atomic mass is 9.68. The minimum absolute atomic E-state index is 0. The summed E-state index contributed by atoms with van der Waals surface area (Å²) in [6, 6.07) is 4.18. The number of hydrogen-bond acceptors (Lipinski definition) is 3. The minimum atomic E-state index is 0. The van der Waals surface area contributed by atoms with Gasteiger partial charge in [0.1, 0.15) is 0 Å². The van der Waals surface area contributed by atoms with Crippen LogP contribution in [0, 0.1) is 5.41 Å². The van der Waals surface area contributed by atoms with Gasteiger partial charge in [0.25, 0.3) is 0 Å². The first kappa shape index (κ1) is 21.9. The van der Waals surface area contributed by atoms with Crippen LogP contribution in [0.4, 0.5) is 0 Å². The third-order valence-electron chi connectivity index (χ3n) is 5.79. The van der Waals surface area contributed by atoms with Crippen LogP contribution in [-0.2, 0) is 13.0 Å². The van der Waals surface area contributed by atoms with Crippen LogP contribution in [0.25, 0.3) is 0 Å². The predicted molar refractivity (Wildman–Crippen MR) is 122 cm³/mol. The van der Waals surface area contributed by atoms with Crippen LogP contribution in [0.3, 0.4) is 0 Å². The summed E-state index contributed by atoms with van der Waals surface area (Å²) in [6.45, 7) is 6.80. The van der Waals surface area contributed by atoms with Gasteiger partial charge in [-0.3, -0.25) is 4.99 Å². The molecule has 2 fully saturated rings. The molecule has 150 valence electrons. The molecule has 1 N–H and O–H groups in total. The molecule has 1 saturated carbocycles. The average Bonchev–Trinajstić information content (AvgIpc) is 3.08. The number of hydrogen-bond donors (Lipinski definition) is 1. The predicted octanol–water partition coefficient (Wildman–Crippen LogP) is 4.00. The monoisotopic (exact) mass is 485 g/mol. The maximum atomic E-state index is 5.52. The van der Waals surface area contributed by atoms with Gasteiger partial charge in [-0.2, -0.15) is 0 Å². The third kappa shape index (κ3) is 4.70. The van der Waals surface area contributed by atoms with Gasteiger partial charge in [0, 0.05) is 32.2 Å². The largest absolute Gasteiger partial charge is 0.493 e. The SMILES string of the molecule is C=CCc1cc(CNC(=NC)N2CCC3(CCC3)C2)cc(OC)c1OC.I. The second-order valence-electron chi connectivity index (χ2n) is 7.41. The molecule has 0 aromatic heterocycles. The smallest absolute Gasteiger partial charge is 0.193 e. The summed E-state index contributed by atoms with van der Waals surface area (Å²) >= 11 is 0. The van der Waals surface area contributed by atoms with Crippen molar-refractivity contribution in [1.29, 1.82) is 0 Å². The molecular formula is C21H32IN3O2. The minimum Gasteiger partial charge on any atom is -0.493 e. The van der Waals surface area contributed by atoms with E-state index in [-0.39, 0.29) is 24.0 Å². The van der Waals surface area contributed by atoms with Crippen LogP contribution in [0.5, 0.6) is 11.5 Å². The maximum absolute atomic E-state index is 5.52. The number of halogens is 1. The number of benzene rings is 1. The lowest BCUT2D eigenvalue weighted by molar-refractivity contribution is 0.151. The van der Waals surface area contributed by atoms with Gasteiger partial charge in [-0.15, -0.1) is 30.6 Å². The molecule has 3 rings (SSSR count). The van der Waals surface area contributed by atoms with E-state index in [0.717, 1.165) is 48.1 Å². The summed E-state index contributed by atoms with van der Waals surface area (Å²) in [5, 5.41) is 3.53. The maximum Gasteiger partial charge on any atom is 0.193 e. The molecule has 27 heavy (non-hydrogen) atoms. The number of aliphatic imine (C=N–C) groups is 1. The molecule has 6 heteroatoms. The zero-order chi connectivity index (χ0) is 18.6. The van der Waals surface area contributed by atoms with E-state index >= 15 is 0 Å². The van der Waals surface area contributed by atoms with E-state index < -0.39 is 0 Å². The van der Waals surface area contributed by atoms with E-state index in [9.17, 15) is 0 Å². The topological polar surface area (TPSA) is 46.1 Å². The van der Waals surface area contributed by atoms with E-state index in [1.54, 1.807) is 14.2 Å². The van der Waals surface area contributed by atoms with Gasteiger partial charge in [0.2, 0.25) is 0 Å². The van der Waals surface area contributed by atoms with Crippen molar-refractivity contribution < 1.29 is 9.47 Å². The number of allylic oxidation sites excluding steroid dienone is 1. The van der Waals surface area contributed by atoms with Crippen LogP contribution in [-0.4, -0.2) is 45.2 Å². The Morgan fingerprint density at radius 3 is 2.59 bits per heavy atom. The molecule has 0 unspecified atom stereocenters. The number of rotatable bonds is 6. The van der Waals surface area contributed by atoms with Gasteiger partial charge in [-0.05, 0) is 48.8 Å². The highest BCUT2D eigenvalue weighted by Crippen LogP contribution is 2.47. The summed E-state index contributed by atoms with van der Waals surface area (Å²) < 4.78 is 11.0. The van der Waals surface area contributed by atoms with Gasteiger partial charge in [-0.25, -0.2) is 0 Å². The van der Waals surface area contributed by atoms with Crippen LogP contribution >= 0.6 is 24.0 Å². The quantitative estimate of drug-likeness (QED) is 0.287. The zero-order valence-electron chi connectivity index (χ0n) is 16.7. The van der Waals surface area contributed by atoms with Crippen LogP contribution in [0.2, 0.25) is 0 Å². The number of ether oxygens (including phenoxy) is 2. The number of guanidine groups is 1. The average molecular weight is 485 g/mol. The van der Waals surface area contributed by atoms with Crippen molar-refractivity contribution in [2.24, 2.45) is 10.4 Å². The van der Waals surface area contributed by atoms with Crippen molar-refractivity contribution in [3.63, 3.8) is 0 Å². The molecule has 1 spiro atoms. The summed E-state index contributed by atoms with van der Waals surface area (Å²) in [6.07, 6.45) is 8.07. The molecule has 0 bridgehead atoms. The summed E-state index contributed by atoms with van der Waals surface area (Å²) in [7, 11) is 5.22. The molecule has 1 aromatic rings. The van der Waals surface area contributed by atoms with Crippen molar-refractivity contribution >= 4 is 29.9 Å². The standard InChI is InChI=1S/C21H31N3O2.HI/c1-5-7-17-12-16(13-18(25-3)19(17)26-4)14-23-20(22-2)24-11-10-21(15-24)8-6-9-21;/h5,12-13H,1,6-11,14-15H2,2-4H3,(H,22,23);1H. The summed E-state index contributed by atoms with van der Waals surface area (Å²) in [5.41, 5.74) is 2.80. The molecule has 1 aromatic carbocycles. The number of likely N-dealkylation sites (tertiary alicyclic amines) is 1. The first-order chi connectivity index (χ1) is 12.6. The Morgan fingerprint density at radius 1 is 1.30 bits per heavy atom. The van der Waals surface area contributed by atoms with Crippen molar-refractivity contribution in [2.45, 2.75) is 38.6 Å². The second-order valence-corrected chi connectivity index (χ2v) is 7.41. The number of methoxy groups -OCH3 is 2. The molecule has 0 amide bonds. The molecule has 1 aliphatic carbocycles. The Kier molecular flexibility index (Phi) is 7.82. The Labute approximate surface area is 180 Å². The molecule has 2 aliphatic rings. The van der Waals surface area contributed by atoms with Gasteiger partial charge < -0.3 is 19.7 Å². The van der Waals surface area contributed by atoms with Crippen molar-refractivity contribution in [1.82, 2.24) is 10.2 Å². The molecule has 0 radical (unpaired) electrons. The summed E-state index contributed by atoms with van der Waals surface area (Å²) in [5.74, 6) is 2.54. The fourth-order valence-electron chi connectivity index (χ4n) is 4.23. The first-order valence-corrected chi connectivity index (χ1v) is 9.45. The first-order valence-electron chi connectivity index (χ1n) is 9.45. The van der Waals surface area contributed by atoms with Gasteiger partial charge in [-0.1, -0.05) is 12.5 Å². The molecule has 1 aliphatic heterocycles. The second kappa shape index (κ2) is 9.66. The highest BCUT2D eigenvalue weighted by Gasteiger charge is 2.43. The Hall–Kier alpha value is -1.44. The molecule has 1 heterocycles. The third-order valence-corrected chi connectivity index (χ3v) is 5.79. The van der Waals surface area contributed by atoms with Crippen molar-refractivity contribution in [2.75, 3.05) is 34.4 Å². The Morgan fingerprint density at radius 2 is 2.07 bits per heavy atom. The Balaban J connectivity index is 0.00000261. The van der Waals surface area contributed by atoms with Gasteiger partial charge >= 0.3 is 0 Å². The number of nitrogens with zero attached hydrogens (tertiary/aromatic N) is 2. The van der Waals surface area contributed by atoms with E-state index in [4.69, 9.17) is 9.47 Å². The molecule has 0 atom stereocenters. The van der Waals surface area contributed by atoms with E-state index in [1.807, 2.05) is 19.2 Å². The van der Waals surface area contributed by atoms with Gasteiger partial charge in [0.15, 0.2) is 17.5 Å². The molecule has 5 nitrogen and oxygen atoms in total. The zero-order valence-corrected chi connectivity index (χ0v) is 19.0. The lowest BCUT2D eigenvalue weighted by Gasteiger charge is -2.38. The van der Waals surface area contributed by atoms with Crippen LogP contribution < -0.4 is 14.8 Å². The van der Waals surface area contributed by atoms with E-state index in [1.165, 1.54) is 25.7 Å². The summed E-state index contributed by atoms with van der Waals surface area (Å²) in [4.78, 5) is 6.91. The molecular weight excluding hydrogens is 453 g/mol. The van der Waals surface area contributed by atoms with E-state index in [0.29, 0.717) is 12.0 Å². The van der Waals surface area contributed by atoms with Crippen molar-refractivity contribution in [3.05, 3.63) is 35.9 Å². The highest BCUT2D eigenvalue weighted by atomic mass is 127. The lowest BCUT2D eigenvalue weighted by Crippen LogP contribution is -2.42. The fourth-order valence-corrected chi connectivity index (χ4v) is 4.23. The number of nitrogens with one attached hydrogen (secondary N) is 1. The normalized spacial score (nSPS) is 17.9. The fraction of sp³-hybridized carbons (Fsp3) is 0.571. The van der Waals surface area contributed by atoms with E-state index in [2.05, 4.69) is 27.9 Å².